The van der Waals surface area contributed by atoms with Gasteiger partial charge < -0.3 is 0 Å². The number of rotatable bonds is 7. The van der Waals surface area contributed by atoms with Crippen molar-refractivity contribution in [2.24, 2.45) is 5.92 Å². The zero-order valence-electron chi connectivity index (χ0n) is 13.2. The molecule has 1 aliphatic carbocycles. The van der Waals surface area contributed by atoms with Crippen molar-refractivity contribution in [2.45, 2.75) is 43.7 Å². The number of halogens is 2. The quantitative estimate of drug-likeness (QED) is 0.600. The summed E-state index contributed by atoms with van der Waals surface area (Å²) in [5.41, 5.74) is -0.110. The van der Waals surface area contributed by atoms with Crippen molar-refractivity contribution in [1.29, 1.82) is 0 Å². The van der Waals surface area contributed by atoms with Gasteiger partial charge in [-0.2, -0.15) is 0 Å². The van der Waals surface area contributed by atoms with Crippen LogP contribution in [0, 0.1) is 17.6 Å². The number of aromatic amines is 1. The van der Waals surface area contributed by atoms with Crippen LogP contribution in [0.2, 0.25) is 0 Å². The summed E-state index contributed by atoms with van der Waals surface area (Å²) in [7, 11) is 0. The number of aryl methyl sites for hydroxylation is 1. The first kappa shape index (κ1) is 17.1. The van der Waals surface area contributed by atoms with Gasteiger partial charge in [-0.15, -0.1) is 5.10 Å². The Labute approximate surface area is 143 Å². The van der Waals surface area contributed by atoms with E-state index in [4.69, 9.17) is 0 Å². The van der Waals surface area contributed by atoms with E-state index in [0.717, 1.165) is 42.4 Å². The van der Waals surface area contributed by atoms with Crippen molar-refractivity contribution in [3.05, 3.63) is 41.2 Å². The van der Waals surface area contributed by atoms with Gasteiger partial charge in [0.05, 0.1) is 11.3 Å². The second-order valence-electron chi connectivity index (χ2n) is 6.09. The largest absolute Gasteiger partial charge is 0.293 e. The first-order valence-electron chi connectivity index (χ1n) is 8.14. The van der Waals surface area contributed by atoms with E-state index in [9.17, 15) is 13.6 Å². The van der Waals surface area contributed by atoms with Crippen molar-refractivity contribution in [2.75, 3.05) is 5.75 Å². The molecule has 7 heteroatoms. The lowest BCUT2D eigenvalue weighted by Crippen LogP contribution is -2.06. The highest BCUT2D eigenvalue weighted by Gasteiger charge is 2.17. The zero-order chi connectivity index (χ0) is 16.9. The number of nitrogens with one attached hydrogen (secondary N) is 1. The van der Waals surface area contributed by atoms with Gasteiger partial charge in [-0.05, 0) is 24.5 Å². The Kier molecular flexibility index (Phi) is 5.60. The van der Waals surface area contributed by atoms with E-state index in [2.05, 4.69) is 15.2 Å². The predicted molar refractivity (Wildman–Crippen MR) is 88.1 cm³/mol. The minimum Gasteiger partial charge on any atom is -0.293 e. The monoisotopic (exact) mass is 351 g/mol. The Balaban J connectivity index is 1.50. The number of carbonyl (C=O) groups is 1. The average molecular weight is 351 g/mol. The van der Waals surface area contributed by atoms with Crippen LogP contribution < -0.4 is 0 Å². The van der Waals surface area contributed by atoms with E-state index in [1.807, 2.05) is 0 Å². The zero-order valence-corrected chi connectivity index (χ0v) is 14.0. The maximum atomic E-state index is 13.6. The predicted octanol–water partition coefficient (Wildman–Crippen LogP) is 4.18. The minimum atomic E-state index is -0.840. The summed E-state index contributed by atoms with van der Waals surface area (Å²) in [5.74, 6) is -0.318. The van der Waals surface area contributed by atoms with E-state index in [1.165, 1.54) is 31.7 Å². The number of carbonyl (C=O) groups excluding carboxylic acids is 1. The molecule has 1 heterocycles. The van der Waals surface area contributed by atoms with Gasteiger partial charge in [-0.1, -0.05) is 37.4 Å². The number of Topliss-reactive ketones (excluding diaryl/α,β-unsaturated/α-hetero) is 1. The Bertz CT molecular complexity index is 714. The molecule has 4 nitrogen and oxygen atoms in total. The lowest BCUT2D eigenvalue weighted by atomic mass is 10.0. The normalized spacial score (nSPS) is 15.1. The van der Waals surface area contributed by atoms with Crippen LogP contribution in [-0.4, -0.2) is 26.7 Å². The highest BCUT2D eigenvalue weighted by atomic mass is 32.2. The van der Waals surface area contributed by atoms with Crippen LogP contribution >= 0.6 is 11.8 Å². The molecular weight excluding hydrogens is 332 g/mol. The number of hydrogen-bond donors (Lipinski definition) is 1. The first-order valence-corrected chi connectivity index (χ1v) is 9.12. The maximum Gasteiger partial charge on any atom is 0.208 e. The van der Waals surface area contributed by atoms with Crippen molar-refractivity contribution in [3.8, 4) is 0 Å². The highest BCUT2D eigenvalue weighted by molar-refractivity contribution is 7.99. The Morgan fingerprint density at radius 2 is 2.08 bits per heavy atom. The van der Waals surface area contributed by atoms with E-state index >= 15 is 0 Å². The summed E-state index contributed by atoms with van der Waals surface area (Å²) in [6.45, 7) is 0. The molecule has 1 N–H and O–H groups in total. The molecule has 0 unspecified atom stereocenters. The molecule has 0 aliphatic heterocycles. The number of hydrogen-bond acceptors (Lipinski definition) is 4. The number of ketones is 1. The van der Waals surface area contributed by atoms with Crippen molar-refractivity contribution >= 4 is 17.5 Å². The van der Waals surface area contributed by atoms with Gasteiger partial charge in [0, 0.05) is 12.5 Å². The number of nitrogens with zero attached hydrogens (tertiary/aromatic N) is 2. The summed E-state index contributed by atoms with van der Waals surface area (Å²) in [6.07, 6.45) is 7.22. The van der Waals surface area contributed by atoms with Crippen molar-refractivity contribution in [3.63, 3.8) is 0 Å². The molecule has 0 saturated heterocycles. The third-order valence-corrected chi connectivity index (χ3v) is 5.19. The van der Waals surface area contributed by atoms with Crippen LogP contribution in [0.4, 0.5) is 8.78 Å². The second-order valence-corrected chi connectivity index (χ2v) is 7.03. The van der Waals surface area contributed by atoms with Crippen molar-refractivity contribution < 1.29 is 13.6 Å². The molecule has 0 atom stereocenters. The van der Waals surface area contributed by atoms with Gasteiger partial charge in [0.25, 0.3) is 0 Å². The van der Waals surface area contributed by atoms with Crippen LogP contribution in [0.3, 0.4) is 0 Å². The summed E-state index contributed by atoms with van der Waals surface area (Å²) >= 11 is 1.15. The summed E-state index contributed by atoms with van der Waals surface area (Å²) < 4.78 is 26.4. The van der Waals surface area contributed by atoms with Crippen molar-refractivity contribution in [1.82, 2.24) is 15.2 Å². The van der Waals surface area contributed by atoms with E-state index < -0.39 is 17.4 Å². The molecule has 1 aromatic heterocycles. The van der Waals surface area contributed by atoms with Gasteiger partial charge in [0.2, 0.25) is 5.16 Å². The van der Waals surface area contributed by atoms with Gasteiger partial charge in [0.15, 0.2) is 5.78 Å². The molecule has 1 saturated carbocycles. The third kappa shape index (κ3) is 4.41. The standard InChI is InChI=1S/C17H19F2N3OS/c18-12-6-7-13(14(19)9-12)15(23)10-24-17-20-16(21-22-17)8-5-11-3-1-2-4-11/h6-7,9,11H,1-5,8,10H2,(H,20,21,22). The van der Waals surface area contributed by atoms with E-state index in [1.54, 1.807) is 0 Å². The molecular formula is C17H19F2N3OS. The smallest absolute Gasteiger partial charge is 0.208 e. The lowest BCUT2D eigenvalue weighted by Gasteiger charge is -2.05. The SMILES string of the molecule is O=C(CSc1n[nH]c(CCC2CCCC2)n1)c1ccc(F)cc1F. The highest BCUT2D eigenvalue weighted by Crippen LogP contribution is 2.28. The van der Waals surface area contributed by atoms with Gasteiger partial charge in [0.1, 0.15) is 17.5 Å². The minimum absolute atomic E-state index is 0.0163. The van der Waals surface area contributed by atoms with Gasteiger partial charge in [-0.3, -0.25) is 9.89 Å². The molecule has 0 radical (unpaired) electrons. The molecule has 128 valence electrons. The fraction of sp³-hybridized carbons (Fsp3) is 0.471. The topological polar surface area (TPSA) is 58.6 Å². The number of benzene rings is 1. The molecule has 0 bridgehead atoms. The summed E-state index contributed by atoms with van der Waals surface area (Å²) in [4.78, 5) is 16.4. The molecule has 2 aromatic rings. The first-order chi connectivity index (χ1) is 11.6. The Hall–Kier alpha value is -1.76. The fourth-order valence-electron chi connectivity index (χ4n) is 3.02. The number of H-pyrrole nitrogens is 1. The summed E-state index contributed by atoms with van der Waals surface area (Å²) in [5, 5.41) is 7.46. The molecule has 1 aromatic carbocycles. The molecule has 0 spiro atoms. The second kappa shape index (κ2) is 7.88. The van der Waals surface area contributed by atoms with Crippen LogP contribution in [0.5, 0.6) is 0 Å². The molecule has 24 heavy (non-hydrogen) atoms. The number of thioether (sulfide) groups is 1. The Morgan fingerprint density at radius 3 is 2.83 bits per heavy atom. The third-order valence-electron chi connectivity index (χ3n) is 4.34. The fourth-order valence-corrected chi connectivity index (χ4v) is 3.72. The molecule has 0 amide bonds. The van der Waals surface area contributed by atoms with E-state index in [-0.39, 0.29) is 11.3 Å². The summed E-state index contributed by atoms with van der Waals surface area (Å²) in [6, 6.07) is 2.96. The Morgan fingerprint density at radius 1 is 1.29 bits per heavy atom. The van der Waals surface area contributed by atoms with Crippen LogP contribution in [0.25, 0.3) is 0 Å². The van der Waals surface area contributed by atoms with E-state index in [0.29, 0.717) is 11.2 Å². The maximum absolute atomic E-state index is 13.6. The van der Waals surface area contributed by atoms with Crippen LogP contribution in [-0.2, 0) is 6.42 Å². The molecule has 3 rings (SSSR count). The molecule has 1 aliphatic rings. The average Bonchev–Trinajstić information content (AvgIpc) is 3.22. The van der Waals surface area contributed by atoms with Gasteiger partial charge >= 0.3 is 0 Å². The lowest BCUT2D eigenvalue weighted by molar-refractivity contribution is 0.101. The molecule has 1 fully saturated rings. The number of aromatic nitrogens is 3. The van der Waals surface area contributed by atoms with Crippen LogP contribution in [0.15, 0.2) is 23.4 Å². The van der Waals surface area contributed by atoms with Gasteiger partial charge in [-0.25, -0.2) is 13.8 Å². The van der Waals surface area contributed by atoms with Crippen LogP contribution in [0.1, 0.15) is 48.3 Å².